The third kappa shape index (κ3) is 1.94. The standard InChI is InChI=1S/C20H12N2S/c1-2-6-14-13(5-1)9-10-21-20(14)17-11-16-15-7-3-4-8-18(15)23-19(16)12-22-17/h1-12H. The minimum Gasteiger partial charge on any atom is -0.254 e. The molecule has 3 aromatic heterocycles. The van der Waals surface area contributed by atoms with Gasteiger partial charge in [-0.3, -0.25) is 9.97 Å². The fourth-order valence-electron chi connectivity index (χ4n) is 3.08. The molecule has 0 aliphatic heterocycles. The molecule has 0 atom stereocenters. The summed E-state index contributed by atoms with van der Waals surface area (Å²) in [5.41, 5.74) is 1.87. The highest BCUT2D eigenvalue weighted by molar-refractivity contribution is 7.25. The number of hydrogen-bond donors (Lipinski definition) is 0. The Kier molecular flexibility index (Phi) is 2.69. The molecule has 108 valence electrons. The summed E-state index contributed by atoms with van der Waals surface area (Å²) in [5.74, 6) is 0. The van der Waals surface area contributed by atoms with Crippen molar-refractivity contribution in [3.05, 3.63) is 73.1 Å². The van der Waals surface area contributed by atoms with Gasteiger partial charge in [-0.2, -0.15) is 0 Å². The number of thiophene rings is 1. The molecule has 0 aliphatic carbocycles. The summed E-state index contributed by atoms with van der Waals surface area (Å²) in [6.45, 7) is 0. The van der Waals surface area contributed by atoms with Crippen molar-refractivity contribution >= 4 is 42.3 Å². The van der Waals surface area contributed by atoms with E-state index in [1.807, 2.05) is 24.5 Å². The van der Waals surface area contributed by atoms with Crippen molar-refractivity contribution < 1.29 is 0 Å². The van der Waals surface area contributed by atoms with Gasteiger partial charge in [-0.25, -0.2) is 0 Å². The molecule has 0 amide bonds. The summed E-state index contributed by atoms with van der Waals surface area (Å²) in [6.07, 6.45) is 3.83. The third-order valence-electron chi connectivity index (χ3n) is 4.18. The fourth-order valence-corrected chi connectivity index (χ4v) is 4.14. The van der Waals surface area contributed by atoms with Crippen LogP contribution in [0.4, 0.5) is 0 Å². The molecule has 2 aromatic carbocycles. The molecule has 5 aromatic rings. The lowest BCUT2D eigenvalue weighted by Crippen LogP contribution is -1.88. The molecular weight excluding hydrogens is 300 g/mol. The first kappa shape index (κ1) is 12.7. The summed E-state index contributed by atoms with van der Waals surface area (Å²) in [7, 11) is 0. The second-order valence-electron chi connectivity index (χ2n) is 5.54. The van der Waals surface area contributed by atoms with Crippen molar-refractivity contribution in [2.24, 2.45) is 0 Å². The van der Waals surface area contributed by atoms with E-state index < -0.39 is 0 Å². The highest BCUT2D eigenvalue weighted by atomic mass is 32.1. The van der Waals surface area contributed by atoms with Crippen LogP contribution >= 0.6 is 11.3 Å². The van der Waals surface area contributed by atoms with Crippen molar-refractivity contribution in [3.8, 4) is 11.4 Å². The zero-order chi connectivity index (χ0) is 15.2. The summed E-state index contributed by atoms with van der Waals surface area (Å²) in [5, 5.41) is 4.87. The normalized spacial score (nSPS) is 11.5. The number of rotatable bonds is 1. The Balaban J connectivity index is 1.84. The van der Waals surface area contributed by atoms with Gasteiger partial charge in [0.05, 0.1) is 16.1 Å². The van der Waals surface area contributed by atoms with E-state index in [0.717, 1.165) is 16.8 Å². The smallest absolute Gasteiger partial charge is 0.0964 e. The van der Waals surface area contributed by atoms with Crippen molar-refractivity contribution in [3.63, 3.8) is 0 Å². The second-order valence-corrected chi connectivity index (χ2v) is 6.63. The van der Waals surface area contributed by atoms with Gasteiger partial charge in [-0.15, -0.1) is 11.3 Å². The first-order chi connectivity index (χ1) is 11.4. The number of aromatic nitrogens is 2. The van der Waals surface area contributed by atoms with E-state index in [0.29, 0.717) is 0 Å². The SMILES string of the molecule is c1ccc2c(-c3cc4c(cn3)sc3ccccc34)nccc2c1. The lowest BCUT2D eigenvalue weighted by Gasteiger charge is -2.05. The highest BCUT2D eigenvalue weighted by Gasteiger charge is 2.10. The van der Waals surface area contributed by atoms with Gasteiger partial charge in [0, 0.05) is 33.3 Å². The van der Waals surface area contributed by atoms with Gasteiger partial charge in [-0.1, -0.05) is 42.5 Å². The number of hydrogen-bond acceptors (Lipinski definition) is 3. The predicted molar refractivity (Wildman–Crippen MR) is 97.9 cm³/mol. The van der Waals surface area contributed by atoms with Crippen LogP contribution in [0.3, 0.4) is 0 Å². The van der Waals surface area contributed by atoms with E-state index in [9.17, 15) is 0 Å². The number of benzene rings is 2. The first-order valence-electron chi connectivity index (χ1n) is 7.51. The maximum atomic E-state index is 4.67. The molecule has 2 nitrogen and oxygen atoms in total. The molecule has 5 rings (SSSR count). The van der Waals surface area contributed by atoms with E-state index in [2.05, 4.69) is 58.5 Å². The van der Waals surface area contributed by atoms with Crippen LogP contribution in [0, 0.1) is 0 Å². The van der Waals surface area contributed by atoms with Crippen molar-refractivity contribution in [2.75, 3.05) is 0 Å². The Morgan fingerprint density at radius 1 is 0.696 bits per heavy atom. The molecule has 0 saturated heterocycles. The Bertz CT molecular complexity index is 1170. The lowest BCUT2D eigenvalue weighted by molar-refractivity contribution is 1.28. The van der Waals surface area contributed by atoms with Crippen molar-refractivity contribution in [2.45, 2.75) is 0 Å². The minimum atomic E-state index is 0.929. The molecule has 0 unspecified atom stereocenters. The Labute approximate surface area is 137 Å². The van der Waals surface area contributed by atoms with Crippen molar-refractivity contribution in [1.82, 2.24) is 9.97 Å². The zero-order valence-corrected chi connectivity index (χ0v) is 13.0. The second kappa shape index (κ2) is 4.86. The van der Waals surface area contributed by atoms with Gasteiger partial charge in [0.2, 0.25) is 0 Å². The molecule has 23 heavy (non-hydrogen) atoms. The van der Waals surface area contributed by atoms with Crippen LogP contribution in [0.5, 0.6) is 0 Å². The number of nitrogens with zero attached hydrogens (tertiary/aromatic N) is 2. The molecule has 0 N–H and O–H groups in total. The van der Waals surface area contributed by atoms with Crippen LogP contribution in [-0.2, 0) is 0 Å². The molecule has 0 radical (unpaired) electrons. The molecule has 0 spiro atoms. The minimum absolute atomic E-state index is 0.929. The van der Waals surface area contributed by atoms with Gasteiger partial charge >= 0.3 is 0 Å². The first-order valence-corrected chi connectivity index (χ1v) is 8.33. The van der Waals surface area contributed by atoms with E-state index in [1.54, 1.807) is 11.3 Å². The largest absolute Gasteiger partial charge is 0.254 e. The van der Waals surface area contributed by atoms with Gasteiger partial charge < -0.3 is 0 Å². The van der Waals surface area contributed by atoms with E-state index in [-0.39, 0.29) is 0 Å². The van der Waals surface area contributed by atoms with Gasteiger partial charge in [0.1, 0.15) is 0 Å². The summed E-state index contributed by atoms with van der Waals surface area (Å²) < 4.78 is 2.52. The average molecular weight is 312 g/mol. The van der Waals surface area contributed by atoms with Crippen molar-refractivity contribution in [1.29, 1.82) is 0 Å². The molecule has 0 fully saturated rings. The molecular formula is C20H12N2S. The molecule has 3 heteroatoms. The van der Waals surface area contributed by atoms with Gasteiger partial charge in [-0.05, 0) is 23.6 Å². The Hall–Kier alpha value is -2.78. The number of fused-ring (bicyclic) bond motifs is 4. The molecule has 3 heterocycles. The van der Waals surface area contributed by atoms with Crippen LogP contribution < -0.4 is 0 Å². The fraction of sp³-hybridized carbons (Fsp3) is 0. The average Bonchev–Trinajstić information content (AvgIpc) is 2.99. The summed E-state index contributed by atoms with van der Waals surface area (Å²) in [6, 6.07) is 21.0. The maximum Gasteiger partial charge on any atom is 0.0964 e. The third-order valence-corrected chi connectivity index (χ3v) is 5.30. The van der Waals surface area contributed by atoms with Crippen LogP contribution in [0.1, 0.15) is 0 Å². The van der Waals surface area contributed by atoms with Crippen LogP contribution in [0.2, 0.25) is 0 Å². The predicted octanol–water partition coefficient (Wildman–Crippen LogP) is 5.66. The molecule has 0 aliphatic rings. The summed E-state index contributed by atoms with van der Waals surface area (Å²) >= 11 is 1.79. The van der Waals surface area contributed by atoms with E-state index >= 15 is 0 Å². The van der Waals surface area contributed by atoms with Crippen LogP contribution in [0.25, 0.3) is 42.3 Å². The number of pyridine rings is 2. The van der Waals surface area contributed by atoms with E-state index in [1.165, 1.54) is 25.6 Å². The zero-order valence-electron chi connectivity index (χ0n) is 12.2. The quantitative estimate of drug-likeness (QED) is 0.399. The highest BCUT2D eigenvalue weighted by Crippen LogP contribution is 2.35. The van der Waals surface area contributed by atoms with Crippen LogP contribution in [0.15, 0.2) is 73.1 Å². The van der Waals surface area contributed by atoms with Gasteiger partial charge in [0.15, 0.2) is 0 Å². The Morgan fingerprint density at radius 3 is 2.48 bits per heavy atom. The Morgan fingerprint density at radius 2 is 1.52 bits per heavy atom. The maximum absolute atomic E-state index is 4.67. The van der Waals surface area contributed by atoms with Gasteiger partial charge in [0.25, 0.3) is 0 Å². The summed E-state index contributed by atoms with van der Waals surface area (Å²) in [4.78, 5) is 9.26. The molecule has 0 bridgehead atoms. The molecule has 0 saturated carbocycles. The van der Waals surface area contributed by atoms with Crippen LogP contribution in [-0.4, -0.2) is 9.97 Å². The van der Waals surface area contributed by atoms with E-state index in [4.69, 9.17) is 0 Å². The monoisotopic (exact) mass is 312 g/mol. The topological polar surface area (TPSA) is 25.8 Å². The lowest BCUT2D eigenvalue weighted by atomic mass is 10.1.